The van der Waals surface area contributed by atoms with E-state index < -0.39 is 0 Å². The zero-order valence-corrected chi connectivity index (χ0v) is 16.7. The topological polar surface area (TPSA) is 83.2 Å². The first-order valence-corrected chi connectivity index (χ1v) is 9.57. The quantitative estimate of drug-likeness (QED) is 0.409. The zero-order chi connectivity index (χ0) is 20.6. The molecule has 0 amide bonds. The summed E-state index contributed by atoms with van der Waals surface area (Å²) in [4.78, 5) is 3.25. The van der Waals surface area contributed by atoms with Crippen molar-refractivity contribution in [2.75, 3.05) is 30.3 Å². The summed E-state index contributed by atoms with van der Waals surface area (Å²) in [5.41, 5.74) is 2.12. The number of fused-ring (bicyclic) bond motifs is 1. The van der Waals surface area contributed by atoms with Gasteiger partial charge in [-0.05, 0) is 67.7 Å². The lowest BCUT2D eigenvalue weighted by Crippen LogP contribution is -2.33. The third-order valence-electron chi connectivity index (χ3n) is 4.10. The van der Waals surface area contributed by atoms with E-state index in [1.165, 1.54) is 12.1 Å². The molecule has 0 fully saturated rings. The van der Waals surface area contributed by atoms with Gasteiger partial charge in [-0.25, -0.2) is 9.37 Å². The molecule has 1 heterocycles. The van der Waals surface area contributed by atoms with Crippen molar-refractivity contribution in [1.29, 1.82) is 5.26 Å². The van der Waals surface area contributed by atoms with E-state index in [2.05, 4.69) is 27.0 Å². The molecule has 8 heteroatoms. The van der Waals surface area contributed by atoms with Crippen LogP contribution in [0.3, 0.4) is 0 Å². The van der Waals surface area contributed by atoms with Gasteiger partial charge in [-0.2, -0.15) is 5.26 Å². The smallest absolute Gasteiger partial charge is 0.290 e. The fourth-order valence-corrected chi connectivity index (χ4v) is 2.98. The van der Waals surface area contributed by atoms with Crippen LogP contribution in [0.25, 0.3) is 10.9 Å². The molecule has 3 aromatic rings. The summed E-state index contributed by atoms with van der Waals surface area (Å²) < 4.78 is 18.4. The van der Waals surface area contributed by atoms with Crippen LogP contribution in [0.15, 0.2) is 48.5 Å². The van der Waals surface area contributed by atoms with Crippen molar-refractivity contribution in [2.24, 2.45) is 0 Å². The highest BCUT2D eigenvalue weighted by Gasteiger charge is 2.13. The number of pyridine rings is 1. The maximum atomic E-state index is 12.9. The molecule has 148 valence electrons. The summed E-state index contributed by atoms with van der Waals surface area (Å²) in [5, 5.41) is 20.1. The number of rotatable bonds is 7. The van der Waals surface area contributed by atoms with Crippen LogP contribution in [0.1, 0.15) is 12.5 Å². The number of anilines is 2. The minimum atomic E-state index is -0.298. The number of thiocarbonyl (C=S) groups is 1. The number of halogens is 1. The summed E-state index contributed by atoms with van der Waals surface area (Å²) in [5.74, 6) is 1.11. The minimum absolute atomic E-state index is 0.298. The SMILES string of the molecule is CCOc1ccc2[nH+]c(NCCNC(=S)Nc3ccc(F)cc3)c(C#N)cc2c1. The van der Waals surface area contributed by atoms with E-state index in [-0.39, 0.29) is 5.82 Å². The van der Waals surface area contributed by atoms with Crippen molar-refractivity contribution in [3.8, 4) is 11.8 Å². The predicted molar refractivity (Wildman–Crippen MR) is 116 cm³/mol. The lowest BCUT2D eigenvalue weighted by molar-refractivity contribution is -0.327. The summed E-state index contributed by atoms with van der Waals surface area (Å²) in [7, 11) is 0. The first-order valence-electron chi connectivity index (χ1n) is 9.16. The Morgan fingerprint density at radius 2 is 1.97 bits per heavy atom. The third-order valence-corrected chi connectivity index (χ3v) is 4.34. The third kappa shape index (κ3) is 5.53. The lowest BCUT2D eigenvalue weighted by Gasteiger charge is -2.10. The number of nitriles is 1. The second-order valence-corrected chi connectivity index (χ2v) is 6.57. The van der Waals surface area contributed by atoms with Gasteiger partial charge in [-0.15, -0.1) is 0 Å². The molecule has 3 rings (SSSR count). The average Bonchev–Trinajstić information content (AvgIpc) is 2.72. The molecule has 0 aliphatic carbocycles. The van der Waals surface area contributed by atoms with E-state index in [9.17, 15) is 9.65 Å². The molecule has 0 radical (unpaired) electrons. The molecule has 0 aliphatic rings. The maximum Gasteiger partial charge on any atom is 0.290 e. The standard InChI is InChI=1S/C21H20FN5OS/c1-2-28-18-7-8-19-14(12-18)11-15(13-23)20(27-19)24-9-10-25-21(29)26-17-5-3-16(22)4-6-17/h3-8,11-12H,2,9-10H2,1H3,(H,24,27)(H2,25,26,29)/p+1. The second kappa shape index (κ2) is 9.66. The monoisotopic (exact) mass is 410 g/mol. The van der Waals surface area contributed by atoms with E-state index in [1.807, 2.05) is 31.2 Å². The van der Waals surface area contributed by atoms with Crippen LogP contribution in [-0.4, -0.2) is 24.8 Å². The Kier molecular flexibility index (Phi) is 6.76. The van der Waals surface area contributed by atoms with Crippen LogP contribution in [0, 0.1) is 17.1 Å². The number of H-pyrrole nitrogens is 1. The van der Waals surface area contributed by atoms with E-state index in [4.69, 9.17) is 17.0 Å². The normalized spacial score (nSPS) is 10.2. The first-order chi connectivity index (χ1) is 14.1. The number of aromatic amines is 1. The number of nitrogens with one attached hydrogen (secondary N) is 4. The number of ether oxygens (including phenoxy) is 1. The van der Waals surface area contributed by atoms with Gasteiger partial charge in [-0.1, -0.05) is 0 Å². The molecule has 0 unspecified atom stereocenters. The second-order valence-electron chi connectivity index (χ2n) is 6.17. The Morgan fingerprint density at radius 3 is 2.69 bits per heavy atom. The molecule has 0 aliphatic heterocycles. The van der Waals surface area contributed by atoms with E-state index >= 15 is 0 Å². The van der Waals surface area contributed by atoms with Gasteiger partial charge in [0.25, 0.3) is 5.82 Å². The van der Waals surface area contributed by atoms with Crippen molar-refractivity contribution >= 4 is 39.7 Å². The Morgan fingerprint density at radius 1 is 1.17 bits per heavy atom. The zero-order valence-electron chi connectivity index (χ0n) is 15.9. The Balaban J connectivity index is 1.57. The molecule has 0 bridgehead atoms. The van der Waals surface area contributed by atoms with Gasteiger partial charge in [0.15, 0.2) is 5.11 Å². The van der Waals surface area contributed by atoms with Gasteiger partial charge in [0.05, 0.1) is 13.2 Å². The highest BCUT2D eigenvalue weighted by Crippen LogP contribution is 2.21. The van der Waals surface area contributed by atoms with E-state index in [0.29, 0.717) is 41.9 Å². The van der Waals surface area contributed by atoms with Gasteiger partial charge in [-0.3, -0.25) is 5.32 Å². The molecular weight excluding hydrogens is 389 g/mol. The molecular formula is C21H21FN5OS+. The van der Waals surface area contributed by atoms with Gasteiger partial charge in [0, 0.05) is 11.1 Å². The molecule has 1 aromatic heterocycles. The van der Waals surface area contributed by atoms with Crippen molar-refractivity contribution in [1.82, 2.24) is 5.32 Å². The Hall–Kier alpha value is -3.44. The van der Waals surface area contributed by atoms with Gasteiger partial charge < -0.3 is 15.4 Å². The molecule has 29 heavy (non-hydrogen) atoms. The predicted octanol–water partition coefficient (Wildman–Crippen LogP) is 3.46. The van der Waals surface area contributed by atoms with Crippen LogP contribution < -0.4 is 25.7 Å². The molecule has 0 saturated heterocycles. The minimum Gasteiger partial charge on any atom is -0.494 e. The first kappa shape index (κ1) is 20.3. The van der Waals surface area contributed by atoms with Gasteiger partial charge in [0.1, 0.15) is 35.3 Å². The average molecular weight is 410 g/mol. The summed E-state index contributed by atoms with van der Waals surface area (Å²) in [6, 6.07) is 15.7. The van der Waals surface area contributed by atoms with Gasteiger partial charge in [0.2, 0.25) is 0 Å². The number of benzene rings is 2. The van der Waals surface area contributed by atoms with Crippen LogP contribution in [0.5, 0.6) is 5.75 Å². The van der Waals surface area contributed by atoms with Crippen LogP contribution in [0.2, 0.25) is 0 Å². The largest absolute Gasteiger partial charge is 0.494 e. The molecule has 4 N–H and O–H groups in total. The molecule has 6 nitrogen and oxygen atoms in total. The van der Waals surface area contributed by atoms with Crippen molar-refractivity contribution < 1.29 is 14.1 Å². The highest BCUT2D eigenvalue weighted by molar-refractivity contribution is 7.80. The number of aromatic nitrogens is 1. The Bertz CT molecular complexity index is 1050. The van der Waals surface area contributed by atoms with Crippen molar-refractivity contribution in [3.63, 3.8) is 0 Å². The molecule has 0 saturated carbocycles. The molecule has 0 atom stereocenters. The van der Waals surface area contributed by atoms with Crippen molar-refractivity contribution in [3.05, 3.63) is 59.9 Å². The maximum absolute atomic E-state index is 12.9. The van der Waals surface area contributed by atoms with Gasteiger partial charge >= 0.3 is 0 Å². The van der Waals surface area contributed by atoms with E-state index in [1.54, 1.807) is 12.1 Å². The summed E-state index contributed by atoms with van der Waals surface area (Å²) in [6.45, 7) is 3.59. The molecule has 0 spiro atoms. The number of nitrogens with zero attached hydrogens (tertiary/aromatic N) is 1. The molecule has 2 aromatic carbocycles. The Labute approximate surface area is 173 Å². The number of hydrogen-bond acceptors (Lipinski definition) is 4. The fraction of sp³-hybridized carbons (Fsp3) is 0.190. The fourth-order valence-electron chi connectivity index (χ4n) is 2.76. The summed E-state index contributed by atoms with van der Waals surface area (Å²) >= 11 is 5.23. The van der Waals surface area contributed by atoms with Crippen LogP contribution in [-0.2, 0) is 0 Å². The number of hydrogen-bond donors (Lipinski definition) is 3. The van der Waals surface area contributed by atoms with E-state index in [0.717, 1.165) is 16.7 Å². The summed E-state index contributed by atoms with van der Waals surface area (Å²) in [6.07, 6.45) is 0. The van der Waals surface area contributed by atoms with Crippen LogP contribution in [0.4, 0.5) is 15.9 Å². The lowest BCUT2D eigenvalue weighted by atomic mass is 10.1. The highest BCUT2D eigenvalue weighted by atomic mass is 32.1. The van der Waals surface area contributed by atoms with Crippen molar-refractivity contribution in [2.45, 2.75) is 6.92 Å². The van der Waals surface area contributed by atoms with Crippen LogP contribution >= 0.6 is 12.2 Å².